The summed E-state index contributed by atoms with van der Waals surface area (Å²) in [6, 6.07) is 0.144. The molecule has 1 aliphatic rings. The van der Waals surface area contributed by atoms with E-state index in [1.807, 2.05) is 20.8 Å². The van der Waals surface area contributed by atoms with Gasteiger partial charge in [0.25, 0.3) is 0 Å². The summed E-state index contributed by atoms with van der Waals surface area (Å²) in [4.78, 5) is 11.8. The minimum atomic E-state index is -0.434. The summed E-state index contributed by atoms with van der Waals surface area (Å²) in [7, 11) is 0. The number of ether oxygens (including phenoxy) is 1. The fourth-order valence-corrected chi connectivity index (χ4v) is 2.80. The van der Waals surface area contributed by atoms with Crippen molar-refractivity contribution in [2.75, 3.05) is 13.1 Å². The van der Waals surface area contributed by atoms with Gasteiger partial charge in [-0.1, -0.05) is 32.6 Å². The second-order valence-corrected chi connectivity index (χ2v) is 7.27. The first-order valence-corrected chi connectivity index (χ1v) is 8.61. The Morgan fingerprint density at radius 1 is 1.19 bits per heavy atom. The molecular formula is C17H34N2O2. The lowest BCUT2D eigenvalue weighted by Gasteiger charge is -2.24. The molecule has 1 fully saturated rings. The van der Waals surface area contributed by atoms with E-state index in [1.165, 1.54) is 38.5 Å². The van der Waals surface area contributed by atoms with Gasteiger partial charge in [-0.2, -0.15) is 0 Å². The van der Waals surface area contributed by atoms with E-state index < -0.39 is 5.60 Å². The van der Waals surface area contributed by atoms with Gasteiger partial charge in [0.2, 0.25) is 0 Å². The van der Waals surface area contributed by atoms with Crippen LogP contribution in [0.2, 0.25) is 0 Å². The number of nitrogens with one attached hydrogen (secondary N) is 2. The van der Waals surface area contributed by atoms with E-state index in [1.54, 1.807) is 0 Å². The molecule has 1 amide bonds. The average Bonchev–Trinajstić information content (AvgIpc) is 2.64. The third-order valence-corrected chi connectivity index (χ3v) is 4.01. The summed E-state index contributed by atoms with van der Waals surface area (Å²) in [6.07, 6.45) is 8.84. The zero-order valence-electron chi connectivity index (χ0n) is 14.3. The third kappa shape index (κ3) is 8.97. The van der Waals surface area contributed by atoms with Gasteiger partial charge < -0.3 is 15.4 Å². The molecule has 1 rings (SSSR count). The minimum Gasteiger partial charge on any atom is -0.444 e. The van der Waals surface area contributed by atoms with Gasteiger partial charge in [-0.25, -0.2) is 4.79 Å². The van der Waals surface area contributed by atoms with E-state index in [4.69, 9.17) is 4.74 Å². The van der Waals surface area contributed by atoms with Crippen molar-refractivity contribution in [1.29, 1.82) is 0 Å². The van der Waals surface area contributed by atoms with Crippen molar-refractivity contribution in [2.45, 2.75) is 84.3 Å². The van der Waals surface area contributed by atoms with Gasteiger partial charge in [-0.15, -0.1) is 0 Å². The summed E-state index contributed by atoms with van der Waals surface area (Å²) >= 11 is 0. The Morgan fingerprint density at radius 2 is 1.81 bits per heavy atom. The zero-order chi connectivity index (χ0) is 15.7. The molecule has 0 aromatic carbocycles. The summed E-state index contributed by atoms with van der Waals surface area (Å²) in [5, 5.41) is 6.48. The number of hydrogen-bond acceptors (Lipinski definition) is 3. The first kappa shape index (κ1) is 18.3. The molecule has 0 aliphatic heterocycles. The molecule has 0 bridgehead atoms. The van der Waals surface area contributed by atoms with Gasteiger partial charge in [0.05, 0.1) is 0 Å². The van der Waals surface area contributed by atoms with Gasteiger partial charge in [-0.3, -0.25) is 0 Å². The number of alkyl carbamates (subject to hydrolysis) is 1. The zero-order valence-corrected chi connectivity index (χ0v) is 14.3. The highest BCUT2D eigenvalue weighted by Gasteiger charge is 2.19. The van der Waals surface area contributed by atoms with Gasteiger partial charge in [0.1, 0.15) is 5.60 Å². The van der Waals surface area contributed by atoms with E-state index in [0.717, 1.165) is 25.4 Å². The van der Waals surface area contributed by atoms with Gasteiger partial charge in [0.15, 0.2) is 0 Å². The van der Waals surface area contributed by atoms with Crippen molar-refractivity contribution in [2.24, 2.45) is 5.92 Å². The van der Waals surface area contributed by atoms with Crippen LogP contribution in [-0.4, -0.2) is 30.8 Å². The first-order chi connectivity index (χ1) is 9.90. The Hall–Kier alpha value is -0.770. The maximum atomic E-state index is 11.8. The molecule has 2 N–H and O–H groups in total. The molecule has 0 aromatic heterocycles. The Labute approximate surface area is 130 Å². The van der Waals surface area contributed by atoms with Crippen molar-refractivity contribution >= 4 is 6.09 Å². The maximum Gasteiger partial charge on any atom is 0.407 e. The van der Waals surface area contributed by atoms with Gasteiger partial charge in [0, 0.05) is 12.6 Å². The quantitative estimate of drug-likeness (QED) is 0.732. The Balaban J connectivity index is 2.22. The predicted octanol–water partition coefficient (Wildman–Crippen LogP) is 3.85. The largest absolute Gasteiger partial charge is 0.444 e. The number of carbonyl (C=O) groups excluding carboxylic acids is 1. The van der Waals surface area contributed by atoms with E-state index >= 15 is 0 Å². The minimum absolute atomic E-state index is 0.144. The molecule has 21 heavy (non-hydrogen) atoms. The Bertz CT molecular complexity index is 292. The summed E-state index contributed by atoms with van der Waals surface area (Å²) in [5.41, 5.74) is -0.434. The topological polar surface area (TPSA) is 50.4 Å². The standard InChI is InChI=1S/C17H34N2O2/c1-5-15(19-16(20)21-17(2,3)4)13-18-12-14-10-8-6-7-9-11-14/h14-15,18H,5-13H2,1-4H3,(H,19,20). The number of hydrogen-bond donors (Lipinski definition) is 2. The molecule has 4 heteroatoms. The molecule has 1 atom stereocenters. The number of rotatable bonds is 6. The van der Waals surface area contributed by atoms with Crippen LogP contribution in [0.15, 0.2) is 0 Å². The van der Waals surface area contributed by atoms with E-state index in [9.17, 15) is 4.79 Å². The molecule has 4 nitrogen and oxygen atoms in total. The highest BCUT2D eigenvalue weighted by molar-refractivity contribution is 5.68. The summed E-state index contributed by atoms with van der Waals surface area (Å²) in [6.45, 7) is 9.65. The van der Waals surface area contributed by atoms with Crippen LogP contribution in [0, 0.1) is 5.92 Å². The first-order valence-electron chi connectivity index (χ1n) is 8.61. The van der Waals surface area contributed by atoms with Crippen LogP contribution in [0.5, 0.6) is 0 Å². The van der Waals surface area contributed by atoms with E-state index in [-0.39, 0.29) is 12.1 Å². The Morgan fingerprint density at radius 3 is 2.33 bits per heavy atom. The summed E-state index contributed by atoms with van der Waals surface area (Å²) < 4.78 is 5.31. The van der Waals surface area contributed by atoms with Crippen LogP contribution in [0.25, 0.3) is 0 Å². The van der Waals surface area contributed by atoms with Crippen molar-refractivity contribution in [3.63, 3.8) is 0 Å². The molecule has 0 saturated heterocycles. The van der Waals surface area contributed by atoms with Gasteiger partial charge in [-0.05, 0) is 52.5 Å². The second kappa shape index (κ2) is 9.29. The van der Waals surface area contributed by atoms with Crippen LogP contribution >= 0.6 is 0 Å². The van der Waals surface area contributed by atoms with Crippen LogP contribution in [0.1, 0.15) is 72.6 Å². The molecule has 0 heterocycles. The molecule has 0 spiro atoms. The molecular weight excluding hydrogens is 264 g/mol. The highest BCUT2D eigenvalue weighted by Crippen LogP contribution is 2.22. The van der Waals surface area contributed by atoms with Crippen molar-refractivity contribution in [3.05, 3.63) is 0 Å². The van der Waals surface area contributed by atoms with Crippen molar-refractivity contribution < 1.29 is 9.53 Å². The fourth-order valence-electron chi connectivity index (χ4n) is 2.80. The SMILES string of the molecule is CCC(CNCC1CCCCCC1)NC(=O)OC(C)(C)C. The molecule has 0 radical (unpaired) electrons. The molecule has 1 saturated carbocycles. The lowest BCUT2D eigenvalue weighted by molar-refractivity contribution is 0.0502. The predicted molar refractivity (Wildman–Crippen MR) is 87.5 cm³/mol. The maximum absolute atomic E-state index is 11.8. The van der Waals surface area contributed by atoms with E-state index in [2.05, 4.69) is 17.6 Å². The lowest BCUT2D eigenvalue weighted by atomic mass is 10.0. The smallest absolute Gasteiger partial charge is 0.407 e. The lowest BCUT2D eigenvalue weighted by Crippen LogP contribution is -2.44. The van der Waals surface area contributed by atoms with Crippen LogP contribution in [-0.2, 0) is 4.74 Å². The van der Waals surface area contributed by atoms with Crippen molar-refractivity contribution in [3.8, 4) is 0 Å². The third-order valence-electron chi connectivity index (χ3n) is 4.01. The number of amides is 1. The monoisotopic (exact) mass is 298 g/mol. The average molecular weight is 298 g/mol. The molecule has 1 unspecified atom stereocenters. The van der Waals surface area contributed by atoms with Crippen molar-refractivity contribution in [1.82, 2.24) is 10.6 Å². The highest BCUT2D eigenvalue weighted by atomic mass is 16.6. The van der Waals surface area contributed by atoms with E-state index in [0.29, 0.717) is 0 Å². The van der Waals surface area contributed by atoms with Gasteiger partial charge >= 0.3 is 6.09 Å². The normalized spacial score (nSPS) is 18.9. The molecule has 124 valence electrons. The Kier molecular flexibility index (Phi) is 8.09. The number of carbonyl (C=O) groups is 1. The molecule has 1 aliphatic carbocycles. The van der Waals surface area contributed by atoms with Crippen LogP contribution < -0.4 is 10.6 Å². The molecule has 0 aromatic rings. The summed E-state index contributed by atoms with van der Waals surface area (Å²) in [5.74, 6) is 0.812. The fraction of sp³-hybridized carbons (Fsp3) is 0.941. The van der Waals surface area contributed by atoms with Crippen LogP contribution in [0.4, 0.5) is 4.79 Å². The second-order valence-electron chi connectivity index (χ2n) is 7.27. The van der Waals surface area contributed by atoms with Crippen LogP contribution in [0.3, 0.4) is 0 Å².